The molecule has 0 saturated carbocycles. The molecule has 164 valence electrons. The van der Waals surface area contributed by atoms with Gasteiger partial charge in [-0.05, 0) is 46.9 Å². The highest BCUT2D eigenvalue weighted by molar-refractivity contribution is 9.09. The van der Waals surface area contributed by atoms with E-state index in [2.05, 4.69) is 21.2 Å². The summed E-state index contributed by atoms with van der Waals surface area (Å²) in [5.74, 6) is -2.28. The van der Waals surface area contributed by atoms with Gasteiger partial charge in [-0.3, -0.25) is 19.3 Å². The fourth-order valence-electron chi connectivity index (χ4n) is 5.96. The summed E-state index contributed by atoms with van der Waals surface area (Å²) in [7, 11) is 0. The number of rotatable bonds is 3. The van der Waals surface area contributed by atoms with E-state index < -0.39 is 16.2 Å². The van der Waals surface area contributed by atoms with Crippen molar-refractivity contribution >= 4 is 39.3 Å². The number of aryl methyl sites for hydroxylation is 1. The van der Waals surface area contributed by atoms with Gasteiger partial charge in [0.25, 0.3) is 0 Å². The monoisotopic (exact) mass is 500 g/mol. The van der Waals surface area contributed by atoms with Crippen LogP contribution in [0.2, 0.25) is 0 Å². The molecule has 1 fully saturated rings. The smallest absolute Gasteiger partial charge is 0.244 e. The molecule has 33 heavy (non-hydrogen) atoms. The predicted octanol–water partition coefficient (Wildman–Crippen LogP) is 4.33. The Kier molecular flexibility index (Phi) is 4.40. The molecule has 0 spiro atoms. The lowest BCUT2D eigenvalue weighted by atomic mass is 9.55. The highest BCUT2D eigenvalue weighted by atomic mass is 79.9. The number of hydrogen-bond acceptors (Lipinski definition) is 3. The molecule has 1 N–H and O–H groups in total. The third-order valence-corrected chi connectivity index (χ3v) is 8.56. The molecule has 7 rings (SSSR count). The topological polar surface area (TPSA) is 66.5 Å². The molecule has 1 aliphatic heterocycles. The number of amides is 3. The molecule has 6 heteroatoms. The maximum atomic E-state index is 13.7. The van der Waals surface area contributed by atoms with E-state index in [0.717, 1.165) is 32.7 Å². The Hall–Kier alpha value is -3.25. The molecule has 1 heterocycles. The van der Waals surface area contributed by atoms with Gasteiger partial charge >= 0.3 is 0 Å². The molecule has 3 aromatic rings. The van der Waals surface area contributed by atoms with Crippen LogP contribution < -0.4 is 5.32 Å². The molecule has 0 aromatic heterocycles. The minimum absolute atomic E-state index is 0.205. The van der Waals surface area contributed by atoms with Crippen LogP contribution in [0, 0.1) is 18.8 Å². The van der Waals surface area contributed by atoms with Crippen LogP contribution in [-0.2, 0) is 18.7 Å². The molecule has 3 aromatic carbocycles. The van der Waals surface area contributed by atoms with Crippen LogP contribution in [0.4, 0.5) is 5.69 Å². The fourth-order valence-corrected chi connectivity index (χ4v) is 7.16. The van der Waals surface area contributed by atoms with Gasteiger partial charge in [-0.15, -0.1) is 0 Å². The Morgan fingerprint density at radius 2 is 1.58 bits per heavy atom. The highest BCUT2D eigenvalue weighted by Crippen LogP contribution is 2.66. The quantitative estimate of drug-likeness (QED) is 0.429. The molecular formula is C27H21BrN2O3. The lowest BCUT2D eigenvalue weighted by Crippen LogP contribution is -2.50. The number of likely N-dealkylation sites (tertiary alicyclic amines) is 1. The van der Waals surface area contributed by atoms with E-state index in [1.165, 1.54) is 0 Å². The maximum absolute atomic E-state index is 13.7. The minimum atomic E-state index is -0.798. The van der Waals surface area contributed by atoms with E-state index in [0.29, 0.717) is 5.69 Å². The number of hydrogen-bond donors (Lipinski definition) is 1. The van der Waals surface area contributed by atoms with Gasteiger partial charge in [-0.25, -0.2) is 0 Å². The number of nitrogens with one attached hydrogen (secondary N) is 1. The van der Waals surface area contributed by atoms with Crippen LogP contribution in [0.15, 0.2) is 72.8 Å². The normalized spacial score (nSPS) is 26.6. The SMILES string of the molecule is Cc1cccc(NC(=O)CN2C(=O)[C@@H]3[C@@H](C2=O)C2c4ccccc4C3(Br)c3ccccc32)c1. The zero-order valence-corrected chi connectivity index (χ0v) is 19.5. The van der Waals surface area contributed by atoms with E-state index in [4.69, 9.17) is 0 Å². The summed E-state index contributed by atoms with van der Waals surface area (Å²) in [5, 5.41) is 2.82. The standard InChI is InChI=1S/C27H21BrN2O3/c1-15-7-6-8-16(13-15)29-21(31)14-30-25(32)23-22-17-9-2-4-11-19(17)27(28,24(23)26(30)33)20-12-5-3-10-18(20)22/h2-13,22-24H,14H2,1H3,(H,29,31)/t22?,23-,24-,27?/m0/s1. The second-order valence-corrected chi connectivity index (χ2v) is 10.3. The lowest BCUT2D eigenvalue weighted by Gasteiger charge is -2.51. The fraction of sp³-hybridized carbons (Fsp3) is 0.222. The highest BCUT2D eigenvalue weighted by Gasteiger charge is 2.67. The summed E-state index contributed by atoms with van der Waals surface area (Å²) in [6, 6.07) is 23.5. The number of benzene rings is 3. The number of alkyl halides is 1. The van der Waals surface area contributed by atoms with Crippen LogP contribution in [-0.4, -0.2) is 29.2 Å². The number of anilines is 1. The zero-order chi connectivity index (χ0) is 22.9. The molecule has 3 aliphatic carbocycles. The first-order chi connectivity index (χ1) is 15.9. The van der Waals surface area contributed by atoms with E-state index in [9.17, 15) is 14.4 Å². The second kappa shape index (κ2) is 7.12. The van der Waals surface area contributed by atoms with Gasteiger partial charge in [0, 0.05) is 11.6 Å². The number of carbonyl (C=O) groups is 3. The van der Waals surface area contributed by atoms with Crippen molar-refractivity contribution in [3.05, 3.63) is 101 Å². The molecule has 1 saturated heterocycles. The van der Waals surface area contributed by atoms with Crippen molar-refractivity contribution in [1.29, 1.82) is 0 Å². The van der Waals surface area contributed by atoms with Crippen LogP contribution in [0.25, 0.3) is 0 Å². The van der Waals surface area contributed by atoms with Crippen LogP contribution in [0.1, 0.15) is 33.7 Å². The minimum Gasteiger partial charge on any atom is -0.325 e. The molecule has 3 amide bonds. The van der Waals surface area contributed by atoms with Crippen molar-refractivity contribution in [3.8, 4) is 0 Å². The predicted molar refractivity (Wildman–Crippen MR) is 128 cm³/mol. The van der Waals surface area contributed by atoms with Gasteiger partial charge in [0.05, 0.1) is 16.2 Å². The second-order valence-electron chi connectivity index (χ2n) is 9.05. The number of halogens is 1. The Labute approximate surface area is 199 Å². The summed E-state index contributed by atoms with van der Waals surface area (Å²) in [5.41, 5.74) is 5.86. The first-order valence-electron chi connectivity index (χ1n) is 11.0. The number of nitrogens with zero attached hydrogens (tertiary/aromatic N) is 1. The summed E-state index contributed by atoms with van der Waals surface area (Å²) < 4.78 is -0.798. The summed E-state index contributed by atoms with van der Waals surface area (Å²) in [6.07, 6.45) is 0. The van der Waals surface area contributed by atoms with Crippen LogP contribution >= 0.6 is 15.9 Å². The van der Waals surface area contributed by atoms with Crippen molar-refractivity contribution in [2.24, 2.45) is 11.8 Å². The van der Waals surface area contributed by atoms with Gasteiger partial charge < -0.3 is 5.32 Å². The average molecular weight is 501 g/mol. The summed E-state index contributed by atoms with van der Waals surface area (Å²) in [6.45, 7) is 1.65. The van der Waals surface area contributed by atoms with Gasteiger partial charge in [0.2, 0.25) is 17.7 Å². The number of imide groups is 1. The molecule has 5 nitrogen and oxygen atoms in total. The Morgan fingerprint density at radius 1 is 0.939 bits per heavy atom. The molecule has 0 unspecified atom stereocenters. The largest absolute Gasteiger partial charge is 0.325 e. The van der Waals surface area contributed by atoms with Crippen molar-refractivity contribution in [2.45, 2.75) is 17.2 Å². The third kappa shape index (κ3) is 2.73. The van der Waals surface area contributed by atoms with Gasteiger partial charge in [-0.2, -0.15) is 0 Å². The third-order valence-electron chi connectivity index (χ3n) is 7.21. The molecular weight excluding hydrogens is 480 g/mol. The molecule has 4 aliphatic rings. The van der Waals surface area contributed by atoms with Crippen molar-refractivity contribution in [3.63, 3.8) is 0 Å². The van der Waals surface area contributed by atoms with Crippen molar-refractivity contribution in [2.75, 3.05) is 11.9 Å². The number of carbonyl (C=O) groups excluding carboxylic acids is 3. The Balaban J connectivity index is 1.39. The van der Waals surface area contributed by atoms with E-state index >= 15 is 0 Å². The van der Waals surface area contributed by atoms with Crippen molar-refractivity contribution < 1.29 is 14.4 Å². The Bertz CT molecular complexity index is 1300. The summed E-state index contributed by atoms with van der Waals surface area (Å²) >= 11 is 3.96. The maximum Gasteiger partial charge on any atom is 0.244 e. The van der Waals surface area contributed by atoms with Gasteiger partial charge in [0.15, 0.2) is 0 Å². The first kappa shape index (κ1) is 20.4. The van der Waals surface area contributed by atoms with Gasteiger partial charge in [0.1, 0.15) is 6.54 Å². The zero-order valence-electron chi connectivity index (χ0n) is 17.9. The van der Waals surface area contributed by atoms with Crippen molar-refractivity contribution in [1.82, 2.24) is 4.90 Å². The molecule has 2 bridgehead atoms. The summed E-state index contributed by atoms with van der Waals surface area (Å²) in [4.78, 5) is 41.3. The molecule has 0 radical (unpaired) electrons. The van der Waals surface area contributed by atoms with Crippen LogP contribution in [0.3, 0.4) is 0 Å². The first-order valence-corrected chi connectivity index (χ1v) is 11.8. The van der Waals surface area contributed by atoms with E-state index in [-0.39, 0.29) is 30.2 Å². The van der Waals surface area contributed by atoms with Crippen LogP contribution in [0.5, 0.6) is 0 Å². The molecule has 2 atom stereocenters. The lowest BCUT2D eigenvalue weighted by molar-refractivity contribution is -0.142. The van der Waals surface area contributed by atoms with E-state index in [1.807, 2.05) is 73.7 Å². The Morgan fingerprint density at radius 3 is 2.21 bits per heavy atom. The van der Waals surface area contributed by atoms with E-state index in [1.54, 1.807) is 6.07 Å². The average Bonchev–Trinajstić information content (AvgIpc) is 3.06. The van der Waals surface area contributed by atoms with Gasteiger partial charge in [-0.1, -0.05) is 76.6 Å².